The highest BCUT2D eigenvalue weighted by Crippen LogP contribution is 2.38. The molecule has 144 valence electrons. The van der Waals surface area contributed by atoms with E-state index in [-0.39, 0.29) is 18.4 Å². The van der Waals surface area contributed by atoms with Gasteiger partial charge in [-0.3, -0.25) is 14.4 Å². The summed E-state index contributed by atoms with van der Waals surface area (Å²) in [6.45, 7) is 4.00. The van der Waals surface area contributed by atoms with Crippen LogP contribution in [0.5, 0.6) is 0 Å². The van der Waals surface area contributed by atoms with Gasteiger partial charge in [0.2, 0.25) is 0 Å². The Morgan fingerprint density at radius 3 is 2.79 bits per heavy atom. The maximum Gasteiger partial charge on any atom is 0.310 e. The predicted molar refractivity (Wildman–Crippen MR) is 110 cm³/mol. The lowest BCUT2D eigenvalue weighted by Crippen LogP contribution is -2.06. The molecule has 0 saturated heterocycles. The van der Waals surface area contributed by atoms with Gasteiger partial charge in [0.25, 0.3) is 0 Å². The van der Waals surface area contributed by atoms with Crippen LogP contribution in [-0.2, 0) is 16.0 Å². The Morgan fingerprint density at radius 1 is 1.29 bits per heavy atom. The van der Waals surface area contributed by atoms with Crippen molar-refractivity contribution in [3.8, 4) is 5.00 Å². The lowest BCUT2D eigenvalue weighted by Gasteiger charge is -2.10. The Labute approximate surface area is 171 Å². The summed E-state index contributed by atoms with van der Waals surface area (Å²) in [5.41, 5.74) is 2.60. The zero-order valence-corrected chi connectivity index (χ0v) is 17.3. The highest BCUT2D eigenvalue weighted by atomic mass is 35.5. The number of methoxy groups -OCH3 is 1. The van der Waals surface area contributed by atoms with Crippen LogP contribution in [0.15, 0.2) is 35.3 Å². The van der Waals surface area contributed by atoms with Crippen molar-refractivity contribution in [2.75, 3.05) is 7.11 Å². The van der Waals surface area contributed by atoms with Crippen molar-refractivity contribution >= 4 is 34.6 Å². The zero-order valence-electron chi connectivity index (χ0n) is 15.8. The van der Waals surface area contributed by atoms with E-state index in [9.17, 15) is 4.79 Å². The van der Waals surface area contributed by atoms with Crippen LogP contribution in [0.25, 0.3) is 5.00 Å². The van der Waals surface area contributed by atoms with Gasteiger partial charge in [-0.15, -0.1) is 21.5 Å². The summed E-state index contributed by atoms with van der Waals surface area (Å²) in [7, 11) is 1.39. The van der Waals surface area contributed by atoms with Crippen molar-refractivity contribution in [1.29, 1.82) is 0 Å². The molecule has 3 aromatic rings. The van der Waals surface area contributed by atoms with Crippen molar-refractivity contribution in [3.05, 3.63) is 63.0 Å². The summed E-state index contributed by atoms with van der Waals surface area (Å²) in [6.07, 6.45) is 0.994. The number of carbonyl (C=O) groups excluding carboxylic acids is 1. The maximum atomic E-state index is 11.8. The summed E-state index contributed by atoms with van der Waals surface area (Å²) in [4.78, 5) is 17.8. The molecule has 0 radical (unpaired) electrons. The molecular formula is C20H19ClN4O2S. The van der Waals surface area contributed by atoms with E-state index in [0.717, 1.165) is 44.8 Å². The first-order valence-corrected chi connectivity index (χ1v) is 10.2. The number of nitrogens with zero attached hydrogens (tertiary/aromatic N) is 4. The molecule has 0 aliphatic carbocycles. The molecule has 0 fully saturated rings. The summed E-state index contributed by atoms with van der Waals surface area (Å²) < 4.78 is 6.88. The highest BCUT2D eigenvalue weighted by Gasteiger charge is 2.30. The van der Waals surface area contributed by atoms with Gasteiger partial charge in [-0.05, 0) is 25.5 Å². The monoisotopic (exact) mass is 414 g/mol. The fraction of sp³-hybridized carbons (Fsp3) is 0.300. The number of aryl methyl sites for hydroxylation is 1. The number of thiophene rings is 1. The average Bonchev–Trinajstić information content (AvgIpc) is 3.23. The second-order valence-corrected chi connectivity index (χ2v) is 8.03. The largest absolute Gasteiger partial charge is 0.469 e. The highest BCUT2D eigenvalue weighted by molar-refractivity contribution is 7.15. The number of aliphatic imine (C=N–C) groups is 1. The molecule has 6 nitrogen and oxygen atoms in total. The van der Waals surface area contributed by atoms with Crippen LogP contribution in [0, 0.1) is 6.92 Å². The van der Waals surface area contributed by atoms with Crippen LogP contribution in [-0.4, -0.2) is 33.6 Å². The molecular weight excluding hydrogens is 396 g/mol. The number of ether oxygens (including phenoxy) is 1. The molecule has 0 saturated carbocycles. The van der Waals surface area contributed by atoms with Crippen LogP contribution in [0.2, 0.25) is 5.02 Å². The number of fused-ring (bicyclic) bond motifs is 3. The minimum absolute atomic E-state index is 0.129. The SMILES string of the molecule is CCC1N=C(c2ccccc2Cl)c2cc(CC(=O)OC)sc2-n2c(C)nnc21. The Bertz CT molecular complexity index is 1090. The summed E-state index contributed by atoms with van der Waals surface area (Å²) >= 11 is 8.04. The number of aromatic nitrogens is 3. The van der Waals surface area contributed by atoms with Crippen LogP contribution >= 0.6 is 22.9 Å². The van der Waals surface area contributed by atoms with Crippen LogP contribution in [0.1, 0.15) is 47.0 Å². The third-order valence-corrected chi connectivity index (χ3v) is 6.17. The predicted octanol–water partition coefficient (Wildman–Crippen LogP) is 4.31. The van der Waals surface area contributed by atoms with E-state index >= 15 is 0 Å². The molecule has 0 bridgehead atoms. The maximum absolute atomic E-state index is 11.8. The average molecular weight is 415 g/mol. The van der Waals surface area contributed by atoms with Crippen molar-refractivity contribution in [2.24, 2.45) is 4.99 Å². The van der Waals surface area contributed by atoms with Gasteiger partial charge in [0.1, 0.15) is 16.9 Å². The van der Waals surface area contributed by atoms with Gasteiger partial charge in [-0.25, -0.2) is 0 Å². The second kappa shape index (κ2) is 7.48. The van der Waals surface area contributed by atoms with E-state index in [2.05, 4.69) is 17.1 Å². The molecule has 1 atom stereocenters. The number of rotatable bonds is 4. The number of hydrogen-bond acceptors (Lipinski definition) is 6. The molecule has 0 N–H and O–H groups in total. The summed E-state index contributed by atoms with van der Waals surface area (Å²) in [5, 5.41) is 10.2. The standard InChI is InChI=1S/C20H19ClN4O2S/c1-4-16-19-24-23-11(2)25(19)20-14(9-12(28-20)10-17(26)27-3)18(22-16)13-7-5-6-8-15(13)21/h5-9,16H,4,10H2,1-3H3. The zero-order chi connectivity index (χ0) is 19.8. The third kappa shape index (κ3) is 3.14. The fourth-order valence-electron chi connectivity index (χ4n) is 3.34. The van der Waals surface area contributed by atoms with E-state index in [1.54, 1.807) is 0 Å². The Hall–Kier alpha value is -2.51. The number of hydrogen-bond donors (Lipinski definition) is 0. The molecule has 1 aromatic carbocycles. The molecule has 8 heteroatoms. The molecule has 3 heterocycles. The number of halogens is 1. The number of benzene rings is 1. The van der Waals surface area contributed by atoms with E-state index in [4.69, 9.17) is 21.3 Å². The van der Waals surface area contributed by atoms with Gasteiger partial charge < -0.3 is 4.74 Å². The molecule has 1 aliphatic rings. The lowest BCUT2D eigenvalue weighted by molar-refractivity contribution is -0.139. The van der Waals surface area contributed by atoms with E-state index in [0.29, 0.717) is 5.02 Å². The summed E-state index contributed by atoms with van der Waals surface area (Å²) in [5.74, 6) is 1.31. The number of esters is 1. The molecule has 28 heavy (non-hydrogen) atoms. The van der Waals surface area contributed by atoms with Gasteiger partial charge >= 0.3 is 5.97 Å². The minimum Gasteiger partial charge on any atom is -0.469 e. The molecule has 2 aromatic heterocycles. The first-order chi connectivity index (χ1) is 13.5. The van der Waals surface area contributed by atoms with Crippen molar-refractivity contribution in [3.63, 3.8) is 0 Å². The quantitative estimate of drug-likeness (QED) is 0.596. The van der Waals surface area contributed by atoms with Crippen molar-refractivity contribution < 1.29 is 9.53 Å². The van der Waals surface area contributed by atoms with E-state index in [1.165, 1.54) is 18.4 Å². The first kappa shape index (κ1) is 18.8. The number of carbonyl (C=O) groups is 1. The van der Waals surface area contributed by atoms with Gasteiger partial charge in [0, 0.05) is 21.0 Å². The molecule has 1 aliphatic heterocycles. The smallest absolute Gasteiger partial charge is 0.310 e. The van der Waals surface area contributed by atoms with Crippen LogP contribution < -0.4 is 0 Å². The fourth-order valence-corrected chi connectivity index (χ4v) is 4.76. The molecule has 0 spiro atoms. The Morgan fingerprint density at radius 2 is 2.07 bits per heavy atom. The van der Waals surface area contributed by atoms with Crippen molar-refractivity contribution in [2.45, 2.75) is 32.7 Å². The van der Waals surface area contributed by atoms with E-state index in [1.807, 2.05) is 41.8 Å². The van der Waals surface area contributed by atoms with Gasteiger partial charge in [0.05, 0.1) is 19.2 Å². The molecule has 4 rings (SSSR count). The Kier molecular flexibility index (Phi) is 5.03. The van der Waals surface area contributed by atoms with E-state index < -0.39 is 0 Å². The van der Waals surface area contributed by atoms with Gasteiger partial charge in [-0.2, -0.15) is 0 Å². The first-order valence-electron chi connectivity index (χ1n) is 8.98. The third-order valence-electron chi connectivity index (χ3n) is 4.72. The topological polar surface area (TPSA) is 69.4 Å². The summed E-state index contributed by atoms with van der Waals surface area (Å²) in [6, 6.07) is 9.54. The van der Waals surface area contributed by atoms with Gasteiger partial charge in [0.15, 0.2) is 5.82 Å². The lowest BCUT2D eigenvalue weighted by atomic mass is 10.0. The second-order valence-electron chi connectivity index (χ2n) is 6.51. The molecule has 1 unspecified atom stereocenters. The van der Waals surface area contributed by atoms with Crippen LogP contribution in [0.3, 0.4) is 0 Å². The van der Waals surface area contributed by atoms with Crippen molar-refractivity contribution in [1.82, 2.24) is 14.8 Å². The minimum atomic E-state index is -0.278. The molecule has 0 amide bonds. The normalized spacial score (nSPS) is 15.4. The Balaban J connectivity index is 1.97. The van der Waals surface area contributed by atoms with Gasteiger partial charge in [-0.1, -0.05) is 36.7 Å². The van der Waals surface area contributed by atoms with Crippen LogP contribution in [0.4, 0.5) is 0 Å².